The normalized spacial score (nSPS) is 13.3. The van der Waals surface area contributed by atoms with Gasteiger partial charge in [-0.1, -0.05) is 23.4 Å². The molecule has 1 amide bonds. The summed E-state index contributed by atoms with van der Waals surface area (Å²) in [5, 5.41) is 4.02. The molecule has 3 aromatic rings. The van der Waals surface area contributed by atoms with E-state index in [1.807, 2.05) is 47.4 Å². The Hall–Kier alpha value is -3.15. The topological polar surface area (TPSA) is 68.5 Å². The quantitative estimate of drug-likeness (QED) is 0.692. The second-order valence-corrected chi connectivity index (χ2v) is 6.52. The van der Waals surface area contributed by atoms with Gasteiger partial charge < -0.3 is 14.2 Å². The van der Waals surface area contributed by atoms with E-state index in [-0.39, 0.29) is 5.91 Å². The molecule has 6 nitrogen and oxygen atoms in total. The number of fused-ring (bicyclic) bond motifs is 1. The highest BCUT2D eigenvalue weighted by Crippen LogP contribution is 2.27. The summed E-state index contributed by atoms with van der Waals surface area (Å²) in [6.45, 7) is 0.761. The highest BCUT2D eigenvalue weighted by atomic mass is 16.5. The van der Waals surface area contributed by atoms with Crippen molar-refractivity contribution in [1.82, 2.24) is 10.1 Å². The first-order chi connectivity index (χ1) is 13.2. The summed E-state index contributed by atoms with van der Waals surface area (Å²) in [7, 11) is 1.62. The molecule has 27 heavy (non-hydrogen) atoms. The fourth-order valence-corrected chi connectivity index (χ4v) is 3.36. The van der Waals surface area contributed by atoms with E-state index in [1.54, 1.807) is 7.11 Å². The first-order valence-corrected chi connectivity index (χ1v) is 9.10. The summed E-state index contributed by atoms with van der Waals surface area (Å²) in [6.07, 6.45) is 2.79. The lowest BCUT2D eigenvalue weighted by Crippen LogP contribution is -2.35. The second kappa shape index (κ2) is 7.61. The number of carbonyl (C=O) groups is 1. The Morgan fingerprint density at radius 1 is 1.19 bits per heavy atom. The van der Waals surface area contributed by atoms with Crippen LogP contribution in [0.4, 0.5) is 5.69 Å². The Morgan fingerprint density at radius 2 is 2.00 bits per heavy atom. The molecule has 2 aromatic carbocycles. The highest BCUT2D eigenvalue weighted by Gasteiger charge is 2.22. The number of ether oxygens (including phenoxy) is 1. The summed E-state index contributed by atoms with van der Waals surface area (Å²) < 4.78 is 10.5. The van der Waals surface area contributed by atoms with Crippen LogP contribution < -0.4 is 9.64 Å². The minimum Gasteiger partial charge on any atom is -0.497 e. The van der Waals surface area contributed by atoms with E-state index in [1.165, 1.54) is 5.56 Å². The summed E-state index contributed by atoms with van der Waals surface area (Å²) in [4.78, 5) is 19.0. The molecule has 0 aliphatic carbocycles. The number of rotatable bonds is 5. The van der Waals surface area contributed by atoms with E-state index in [4.69, 9.17) is 9.26 Å². The van der Waals surface area contributed by atoms with Crippen molar-refractivity contribution in [1.29, 1.82) is 0 Å². The van der Waals surface area contributed by atoms with Crippen LogP contribution in [0, 0.1) is 0 Å². The van der Waals surface area contributed by atoms with Crippen LogP contribution in [0.2, 0.25) is 0 Å². The molecule has 0 spiro atoms. The Balaban J connectivity index is 1.41. The van der Waals surface area contributed by atoms with Crippen LogP contribution in [0.1, 0.15) is 24.3 Å². The third kappa shape index (κ3) is 3.69. The summed E-state index contributed by atoms with van der Waals surface area (Å²) in [6, 6.07) is 15.6. The molecule has 0 fully saturated rings. The number of benzene rings is 2. The van der Waals surface area contributed by atoms with E-state index in [2.05, 4.69) is 16.2 Å². The average molecular weight is 363 g/mol. The fraction of sp³-hybridized carbons (Fsp3) is 0.286. The van der Waals surface area contributed by atoms with Crippen molar-refractivity contribution in [2.75, 3.05) is 18.6 Å². The maximum absolute atomic E-state index is 12.7. The van der Waals surface area contributed by atoms with Crippen molar-refractivity contribution < 1.29 is 14.1 Å². The van der Waals surface area contributed by atoms with Gasteiger partial charge >= 0.3 is 0 Å². The minimum atomic E-state index is 0.0892. The molecule has 0 saturated carbocycles. The number of aryl methyl sites for hydroxylation is 2. The first-order valence-electron chi connectivity index (χ1n) is 9.10. The standard InChI is InChI=1S/C21H21N3O3/c1-26-17-10-8-16(9-11-17)21-22-19(27-23-21)12-13-20(25)24-14-4-6-15-5-2-3-7-18(15)24/h2-3,5,7-11H,4,6,12-14H2,1H3. The largest absolute Gasteiger partial charge is 0.497 e. The molecule has 0 N–H and O–H groups in total. The highest BCUT2D eigenvalue weighted by molar-refractivity contribution is 5.94. The SMILES string of the molecule is COc1ccc(-c2noc(CCC(=O)N3CCCc4ccccc43)n2)cc1. The number of hydrogen-bond acceptors (Lipinski definition) is 5. The summed E-state index contributed by atoms with van der Waals surface area (Å²) in [5.74, 6) is 1.85. The van der Waals surface area contributed by atoms with Crippen LogP contribution in [-0.2, 0) is 17.6 Å². The Labute approximate surface area is 157 Å². The van der Waals surface area contributed by atoms with Crippen LogP contribution in [0.25, 0.3) is 11.4 Å². The summed E-state index contributed by atoms with van der Waals surface area (Å²) in [5.41, 5.74) is 3.11. The van der Waals surface area contributed by atoms with Gasteiger partial charge in [0.1, 0.15) is 5.75 Å². The van der Waals surface area contributed by atoms with Crippen LogP contribution in [0.15, 0.2) is 53.1 Å². The predicted molar refractivity (Wildman–Crippen MR) is 102 cm³/mol. The van der Waals surface area contributed by atoms with Gasteiger partial charge in [-0.25, -0.2) is 0 Å². The molecule has 2 heterocycles. The van der Waals surface area contributed by atoms with Crippen molar-refractivity contribution in [3.8, 4) is 17.1 Å². The lowest BCUT2D eigenvalue weighted by atomic mass is 10.0. The number of nitrogens with zero attached hydrogens (tertiary/aromatic N) is 3. The Bertz CT molecular complexity index is 934. The number of hydrogen-bond donors (Lipinski definition) is 0. The van der Waals surface area contributed by atoms with E-state index >= 15 is 0 Å². The molecule has 1 aliphatic heterocycles. The molecule has 0 radical (unpaired) electrons. The van der Waals surface area contributed by atoms with E-state index in [9.17, 15) is 4.79 Å². The van der Waals surface area contributed by atoms with Crippen LogP contribution in [0.5, 0.6) is 5.75 Å². The predicted octanol–water partition coefficient (Wildman–Crippen LogP) is 3.66. The molecule has 6 heteroatoms. The maximum Gasteiger partial charge on any atom is 0.227 e. The number of amides is 1. The van der Waals surface area contributed by atoms with Crippen molar-refractivity contribution >= 4 is 11.6 Å². The number of carbonyl (C=O) groups excluding carboxylic acids is 1. The Morgan fingerprint density at radius 3 is 2.81 bits per heavy atom. The molecule has 0 atom stereocenters. The first kappa shape index (κ1) is 17.3. The monoisotopic (exact) mass is 363 g/mol. The van der Waals surface area contributed by atoms with E-state index in [0.29, 0.717) is 24.6 Å². The third-order valence-corrected chi connectivity index (χ3v) is 4.78. The van der Waals surface area contributed by atoms with Crippen molar-refractivity contribution in [2.45, 2.75) is 25.7 Å². The van der Waals surface area contributed by atoms with Gasteiger partial charge in [0.15, 0.2) is 0 Å². The van der Waals surface area contributed by atoms with E-state index in [0.717, 1.165) is 36.4 Å². The van der Waals surface area contributed by atoms with Gasteiger partial charge in [-0.05, 0) is 48.7 Å². The van der Waals surface area contributed by atoms with Crippen LogP contribution in [0.3, 0.4) is 0 Å². The van der Waals surface area contributed by atoms with Gasteiger partial charge in [0, 0.05) is 30.6 Å². The zero-order chi connectivity index (χ0) is 18.6. The number of methoxy groups -OCH3 is 1. The number of anilines is 1. The maximum atomic E-state index is 12.7. The molecule has 0 unspecified atom stereocenters. The fourth-order valence-electron chi connectivity index (χ4n) is 3.36. The van der Waals surface area contributed by atoms with Crippen molar-refractivity contribution in [3.63, 3.8) is 0 Å². The number of aromatic nitrogens is 2. The van der Waals surface area contributed by atoms with Gasteiger partial charge in [-0.15, -0.1) is 0 Å². The Kier molecular flexibility index (Phi) is 4.87. The van der Waals surface area contributed by atoms with Crippen molar-refractivity contribution in [3.05, 3.63) is 60.0 Å². The molecular weight excluding hydrogens is 342 g/mol. The smallest absolute Gasteiger partial charge is 0.227 e. The van der Waals surface area contributed by atoms with Crippen molar-refractivity contribution in [2.24, 2.45) is 0 Å². The molecule has 0 bridgehead atoms. The molecule has 0 saturated heterocycles. The zero-order valence-electron chi connectivity index (χ0n) is 15.2. The molecule has 4 rings (SSSR count). The van der Waals surface area contributed by atoms with Gasteiger partial charge in [0.05, 0.1) is 7.11 Å². The zero-order valence-corrected chi connectivity index (χ0v) is 15.2. The molecule has 1 aliphatic rings. The lowest BCUT2D eigenvalue weighted by Gasteiger charge is -2.29. The minimum absolute atomic E-state index is 0.0892. The van der Waals surface area contributed by atoms with Gasteiger partial charge in [0.25, 0.3) is 0 Å². The number of para-hydroxylation sites is 1. The molecular formula is C21H21N3O3. The van der Waals surface area contributed by atoms with Gasteiger partial charge in [-0.2, -0.15) is 4.98 Å². The van der Waals surface area contributed by atoms with Crippen LogP contribution >= 0.6 is 0 Å². The van der Waals surface area contributed by atoms with Gasteiger partial charge in [-0.3, -0.25) is 4.79 Å². The third-order valence-electron chi connectivity index (χ3n) is 4.78. The van der Waals surface area contributed by atoms with Crippen LogP contribution in [-0.4, -0.2) is 29.7 Å². The average Bonchev–Trinajstić information content (AvgIpc) is 3.20. The van der Waals surface area contributed by atoms with Gasteiger partial charge in [0.2, 0.25) is 17.6 Å². The summed E-state index contributed by atoms with van der Waals surface area (Å²) >= 11 is 0. The molecule has 1 aromatic heterocycles. The van der Waals surface area contributed by atoms with E-state index < -0.39 is 0 Å². The second-order valence-electron chi connectivity index (χ2n) is 6.52. The lowest BCUT2D eigenvalue weighted by molar-refractivity contribution is -0.118. The molecule has 138 valence electrons.